The van der Waals surface area contributed by atoms with E-state index in [1.54, 1.807) is 7.11 Å². The van der Waals surface area contributed by atoms with E-state index in [-0.39, 0.29) is 6.10 Å². The quantitative estimate of drug-likeness (QED) is 0.682. The van der Waals surface area contributed by atoms with Gasteiger partial charge >= 0.3 is 0 Å². The predicted octanol–water partition coefficient (Wildman–Crippen LogP) is 2.38. The summed E-state index contributed by atoms with van der Waals surface area (Å²) in [5.41, 5.74) is 0. The summed E-state index contributed by atoms with van der Waals surface area (Å²) >= 11 is 0. The summed E-state index contributed by atoms with van der Waals surface area (Å²) < 4.78 is 10.7. The van der Waals surface area contributed by atoms with Gasteiger partial charge in [0, 0.05) is 0 Å². The van der Waals surface area contributed by atoms with Crippen molar-refractivity contribution < 1.29 is 9.47 Å². The van der Waals surface area contributed by atoms with Crippen LogP contribution in [0.25, 0.3) is 4.85 Å². The molecular formula is C11H13NO2. The number of methoxy groups -OCH3 is 1. The van der Waals surface area contributed by atoms with Crippen LogP contribution in [0, 0.1) is 6.57 Å². The summed E-state index contributed by atoms with van der Waals surface area (Å²) in [6, 6.07) is 7.42. The standard InChI is InChI=1S/C11H13NO2/c1-9(8-12-2)14-11-7-5-4-6-10(11)13-3/h4-7,9H,8H2,1,3H3. The first kappa shape index (κ1) is 10.4. The molecule has 0 aliphatic rings. The van der Waals surface area contributed by atoms with E-state index < -0.39 is 0 Å². The van der Waals surface area contributed by atoms with Crippen molar-refractivity contribution in [2.75, 3.05) is 13.7 Å². The van der Waals surface area contributed by atoms with Gasteiger partial charge < -0.3 is 14.3 Å². The van der Waals surface area contributed by atoms with E-state index in [9.17, 15) is 0 Å². The van der Waals surface area contributed by atoms with Crippen molar-refractivity contribution >= 4 is 0 Å². The highest BCUT2D eigenvalue weighted by Crippen LogP contribution is 2.26. The van der Waals surface area contributed by atoms with Crippen molar-refractivity contribution in [1.29, 1.82) is 0 Å². The van der Waals surface area contributed by atoms with Crippen LogP contribution in [0.2, 0.25) is 0 Å². The maximum atomic E-state index is 6.71. The van der Waals surface area contributed by atoms with Gasteiger partial charge in [-0.1, -0.05) is 12.1 Å². The zero-order valence-electron chi connectivity index (χ0n) is 8.36. The molecule has 0 spiro atoms. The van der Waals surface area contributed by atoms with Gasteiger partial charge in [-0.2, -0.15) is 0 Å². The molecule has 0 saturated heterocycles. The normalized spacial score (nSPS) is 11.5. The number of ether oxygens (including phenoxy) is 2. The van der Waals surface area contributed by atoms with Crippen LogP contribution in [0.1, 0.15) is 6.92 Å². The molecule has 0 aliphatic heterocycles. The third-order valence-electron chi connectivity index (χ3n) is 1.75. The van der Waals surface area contributed by atoms with Gasteiger partial charge in [-0.15, -0.1) is 0 Å². The van der Waals surface area contributed by atoms with Crippen LogP contribution < -0.4 is 9.47 Å². The van der Waals surface area contributed by atoms with Gasteiger partial charge in [-0.05, 0) is 19.1 Å². The Kier molecular flexibility index (Phi) is 3.81. The van der Waals surface area contributed by atoms with Crippen molar-refractivity contribution in [3.63, 3.8) is 0 Å². The van der Waals surface area contributed by atoms with Gasteiger partial charge in [0.25, 0.3) is 6.54 Å². The van der Waals surface area contributed by atoms with Gasteiger partial charge in [0.2, 0.25) is 0 Å². The van der Waals surface area contributed by atoms with E-state index in [0.717, 1.165) is 0 Å². The topological polar surface area (TPSA) is 22.8 Å². The Morgan fingerprint density at radius 2 is 2.00 bits per heavy atom. The number of hydrogen-bond donors (Lipinski definition) is 0. The molecule has 74 valence electrons. The molecule has 3 heteroatoms. The van der Waals surface area contributed by atoms with Crippen LogP contribution in [-0.2, 0) is 0 Å². The number of hydrogen-bond acceptors (Lipinski definition) is 2. The second kappa shape index (κ2) is 5.13. The highest BCUT2D eigenvalue weighted by Gasteiger charge is 2.09. The average molecular weight is 191 g/mol. The summed E-state index contributed by atoms with van der Waals surface area (Å²) in [5, 5.41) is 0. The number of benzene rings is 1. The fraction of sp³-hybridized carbons (Fsp3) is 0.364. The van der Waals surface area contributed by atoms with Gasteiger partial charge in [0.1, 0.15) is 0 Å². The van der Waals surface area contributed by atoms with E-state index in [1.165, 1.54) is 0 Å². The first-order valence-corrected chi connectivity index (χ1v) is 4.40. The molecular weight excluding hydrogens is 178 g/mol. The lowest BCUT2D eigenvalue weighted by molar-refractivity contribution is 0.226. The minimum absolute atomic E-state index is 0.108. The zero-order chi connectivity index (χ0) is 10.4. The molecule has 14 heavy (non-hydrogen) atoms. The van der Waals surface area contributed by atoms with E-state index >= 15 is 0 Å². The lowest BCUT2D eigenvalue weighted by atomic mass is 10.3. The van der Waals surface area contributed by atoms with E-state index in [0.29, 0.717) is 18.0 Å². The molecule has 0 fully saturated rings. The first-order chi connectivity index (χ1) is 6.77. The zero-order valence-corrected chi connectivity index (χ0v) is 8.36. The molecule has 3 nitrogen and oxygen atoms in total. The molecule has 0 bridgehead atoms. The van der Waals surface area contributed by atoms with E-state index in [1.807, 2.05) is 31.2 Å². The Hall–Kier alpha value is -1.69. The van der Waals surface area contributed by atoms with Crippen LogP contribution in [0.3, 0.4) is 0 Å². The second-order valence-corrected chi connectivity index (χ2v) is 2.92. The molecule has 0 aliphatic carbocycles. The van der Waals surface area contributed by atoms with Crippen LogP contribution >= 0.6 is 0 Å². The molecule has 0 saturated carbocycles. The highest BCUT2D eigenvalue weighted by atomic mass is 16.5. The number of para-hydroxylation sites is 2. The molecule has 0 radical (unpaired) electrons. The Bertz CT molecular complexity index is 330. The Morgan fingerprint density at radius 3 is 2.57 bits per heavy atom. The van der Waals surface area contributed by atoms with Gasteiger partial charge in [-0.25, -0.2) is 6.57 Å². The maximum absolute atomic E-state index is 6.71. The highest BCUT2D eigenvalue weighted by molar-refractivity contribution is 5.39. The summed E-state index contributed by atoms with van der Waals surface area (Å²) in [4.78, 5) is 3.27. The lowest BCUT2D eigenvalue weighted by Gasteiger charge is -2.12. The molecule has 1 rings (SSSR count). The molecule has 0 N–H and O–H groups in total. The Balaban J connectivity index is 2.71. The second-order valence-electron chi connectivity index (χ2n) is 2.92. The van der Waals surface area contributed by atoms with Crippen molar-refractivity contribution in [1.82, 2.24) is 0 Å². The Morgan fingerprint density at radius 1 is 1.36 bits per heavy atom. The third-order valence-corrected chi connectivity index (χ3v) is 1.75. The fourth-order valence-electron chi connectivity index (χ4n) is 1.10. The van der Waals surface area contributed by atoms with Crippen molar-refractivity contribution in [2.24, 2.45) is 0 Å². The summed E-state index contributed by atoms with van der Waals surface area (Å²) in [7, 11) is 1.60. The summed E-state index contributed by atoms with van der Waals surface area (Å²) in [5.74, 6) is 1.38. The molecule has 1 unspecified atom stereocenters. The maximum Gasteiger partial charge on any atom is 0.250 e. The van der Waals surface area contributed by atoms with Crippen LogP contribution in [0.5, 0.6) is 11.5 Å². The molecule has 0 amide bonds. The van der Waals surface area contributed by atoms with Crippen molar-refractivity contribution in [3.05, 3.63) is 35.7 Å². The van der Waals surface area contributed by atoms with Crippen molar-refractivity contribution in [3.8, 4) is 11.5 Å². The lowest BCUT2D eigenvalue weighted by Crippen LogP contribution is -2.14. The molecule has 1 aromatic carbocycles. The van der Waals surface area contributed by atoms with E-state index in [4.69, 9.17) is 16.0 Å². The monoisotopic (exact) mass is 191 g/mol. The summed E-state index contributed by atoms with van der Waals surface area (Å²) in [6.07, 6.45) is -0.108. The first-order valence-electron chi connectivity index (χ1n) is 4.40. The molecule has 1 aromatic rings. The van der Waals surface area contributed by atoms with Crippen LogP contribution in [0.4, 0.5) is 0 Å². The van der Waals surface area contributed by atoms with Gasteiger partial charge in [0.15, 0.2) is 17.6 Å². The molecule has 0 aromatic heterocycles. The van der Waals surface area contributed by atoms with Crippen LogP contribution in [-0.4, -0.2) is 19.8 Å². The van der Waals surface area contributed by atoms with Gasteiger partial charge in [-0.3, -0.25) is 0 Å². The summed E-state index contributed by atoms with van der Waals surface area (Å²) in [6.45, 7) is 8.94. The van der Waals surface area contributed by atoms with Crippen molar-refractivity contribution in [2.45, 2.75) is 13.0 Å². The minimum Gasteiger partial charge on any atom is -0.493 e. The number of nitrogens with zero attached hydrogens (tertiary/aromatic N) is 1. The van der Waals surface area contributed by atoms with E-state index in [2.05, 4.69) is 4.85 Å². The average Bonchev–Trinajstić information content (AvgIpc) is 2.19. The molecule has 1 atom stereocenters. The van der Waals surface area contributed by atoms with Crippen LogP contribution in [0.15, 0.2) is 24.3 Å². The third kappa shape index (κ3) is 2.67. The Labute approximate surface area is 84.1 Å². The smallest absolute Gasteiger partial charge is 0.250 e. The van der Waals surface area contributed by atoms with Gasteiger partial charge in [0.05, 0.1) is 7.11 Å². The molecule has 0 heterocycles. The largest absolute Gasteiger partial charge is 0.493 e. The predicted molar refractivity (Wildman–Crippen MR) is 54.6 cm³/mol. The minimum atomic E-state index is -0.108. The fourth-order valence-corrected chi connectivity index (χ4v) is 1.10. The number of rotatable bonds is 4. The SMILES string of the molecule is [C-]#[N+]CC(C)Oc1ccccc1OC.